The Labute approximate surface area is 131 Å². The molecule has 0 bridgehead atoms. The molecular weight excluding hydrogens is 342 g/mol. The topological polar surface area (TPSA) is 53.4 Å². The average molecular weight is 357 g/mol. The molecule has 20 heavy (non-hydrogen) atoms. The van der Waals surface area contributed by atoms with Gasteiger partial charge in [0.25, 0.3) is 0 Å². The molecule has 0 radical (unpaired) electrons. The standard InChI is InChI=1S/C15H15BrClNO2/c16-12-4-5-14(18-8-12)7-15(9-19,10-20)11-2-1-3-13(17)6-11/h1-6,8,19-20H,7,9-10H2. The molecule has 106 valence electrons. The van der Waals surface area contributed by atoms with Crippen LogP contribution in [0.3, 0.4) is 0 Å². The van der Waals surface area contributed by atoms with Crippen LogP contribution in [0, 0.1) is 0 Å². The van der Waals surface area contributed by atoms with Gasteiger partial charge < -0.3 is 10.2 Å². The second-order valence-electron chi connectivity index (χ2n) is 4.75. The molecule has 5 heteroatoms. The Morgan fingerprint density at radius 2 is 1.90 bits per heavy atom. The van der Waals surface area contributed by atoms with Crippen LogP contribution >= 0.6 is 27.5 Å². The number of aliphatic hydroxyl groups is 2. The van der Waals surface area contributed by atoms with Gasteiger partial charge in [-0.1, -0.05) is 23.7 Å². The van der Waals surface area contributed by atoms with Crippen molar-refractivity contribution in [3.8, 4) is 0 Å². The van der Waals surface area contributed by atoms with Crippen LogP contribution in [-0.2, 0) is 11.8 Å². The SMILES string of the molecule is OCC(CO)(Cc1ccc(Br)cn1)c1cccc(Cl)c1. The molecule has 0 aliphatic carbocycles. The quantitative estimate of drug-likeness (QED) is 0.866. The Hall–Kier alpha value is -0.940. The summed E-state index contributed by atoms with van der Waals surface area (Å²) in [4.78, 5) is 4.30. The molecule has 3 nitrogen and oxygen atoms in total. The van der Waals surface area contributed by atoms with E-state index in [1.165, 1.54) is 0 Å². The van der Waals surface area contributed by atoms with E-state index in [4.69, 9.17) is 11.6 Å². The van der Waals surface area contributed by atoms with E-state index in [1.54, 1.807) is 18.3 Å². The van der Waals surface area contributed by atoms with Crippen molar-refractivity contribution < 1.29 is 10.2 Å². The monoisotopic (exact) mass is 355 g/mol. The van der Waals surface area contributed by atoms with E-state index in [0.29, 0.717) is 11.4 Å². The molecule has 0 unspecified atom stereocenters. The zero-order chi connectivity index (χ0) is 14.6. The summed E-state index contributed by atoms with van der Waals surface area (Å²) in [5.41, 5.74) is 0.821. The number of halogens is 2. The lowest BCUT2D eigenvalue weighted by Gasteiger charge is -2.30. The van der Waals surface area contributed by atoms with E-state index in [2.05, 4.69) is 20.9 Å². The number of nitrogens with zero attached hydrogens (tertiary/aromatic N) is 1. The summed E-state index contributed by atoms with van der Waals surface area (Å²) in [5.74, 6) is 0. The molecule has 0 atom stereocenters. The van der Waals surface area contributed by atoms with Crippen molar-refractivity contribution in [1.82, 2.24) is 4.98 Å². The Morgan fingerprint density at radius 3 is 2.45 bits per heavy atom. The van der Waals surface area contributed by atoms with Gasteiger partial charge in [-0.05, 0) is 45.8 Å². The van der Waals surface area contributed by atoms with E-state index in [9.17, 15) is 10.2 Å². The van der Waals surface area contributed by atoms with Crippen LogP contribution in [0.1, 0.15) is 11.3 Å². The highest BCUT2D eigenvalue weighted by Gasteiger charge is 2.32. The molecule has 0 saturated heterocycles. The summed E-state index contributed by atoms with van der Waals surface area (Å²) in [6.07, 6.45) is 2.14. The van der Waals surface area contributed by atoms with E-state index in [1.807, 2.05) is 24.3 Å². The fourth-order valence-corrected chi connectivity index (χ4v) is 2.55. The Kier molecular flexibility index (Phi) is 5.16. The summed E-state index contributed by atoms with van der Waals surface area (Å²) in [6, 6.07) is 11.0. The van der Waals surface area contributed by atoms with Crippen LogP contribution < -0.4 is 0 Å². The molecule has 2 rings (SSSR count). The first-order valence-corrected chi connectivity index (χ1v) is 7.35. The van der Waals surface area contributed by atoms with Crippen LogP contribution in [0.25, 0.3) is 0 Å². The van der Waals surface area contributed by atoms with Crippen molar-refractivity contribution in [2.45, 2.75) is 11.8 Å². The largest absolute Gasteiger partial charge is 0.395 e. The molecule has 2 aromatic rings. The molecule has 2 N–H and O–H groups in total. The van der Waals surface area contributed by atoms with Gasteiger partial charge >= 0.3 is 0 Å². The molecule has 0 aliphatic heterocycles. The Balaban J connectivity index is 2.36. The maximum absolute atomic E-state index is 9.80. The molecule has 0 saturated carbocycles. The molecule has 0 amide bonds. The number of pyridine rings is 1. The van der Waals surface area contributed by atoms with Gasteiger partial charge in [-0.2, -0.15) is 0 Å². The maximum Gasteiger partial charge on any atom is 0.0553 e. The number of hydrogen-bond donors (Lipinski definition) is 2. The van der Waals surface area contributed by atoms with Crippen LogP contribution in [0.5, 0.6) is 0 Å². The van der Waals surface area contributed by atoms with Crippen LogP contribution in [-0.4, -0.2) is 28.4 Å². The van der Waals surface area contributed by atoms with Gasteiger partial charge in [-0.25, -0.2) is 0 Å². The van der Waals surface area contributed by atoms with Gasteiger partial charge in [0, 0.05) is 33.2 Å². The summed E-state index contributed by atoms with van der Waals surface area (Å²) in [7, 11) is 0. The first kappa shape index (κ1) is 15.4. The van der Waals surface area contributed by atoms with E-state index < -0.39 is 5.41 Å². The van der Waals surface area contributed by atoms with Crippen LogP contribution in [0.2, 0.25) is 5.02 Å². The number of aromatic nitrogens is 1. The molecule has 1 heterocycles. The molecule has 0 aliphatic rings. The summed E-state index contributed by atoms with van der Waals surface area (Å²) >= 11 is 9.34. The predicted molar refractivity (Wildman–Crippen MR) is 82.9 cm³/mol. The smallest absolute Gasteiger partial charge is 0.0553 e. The fraction of sp³-hybridized carbons (Fsp3) is 0.267. The lowest BCUT2D eigenvalue weighted by Crippen LogP contribution is -2.37. The molecule has 0 spiro atoms. The zero-order valence-electron chi connectivity index (χ0n) is 10.8. The summed E-state index contributed by atoms with van der Waals surface area (Å²) in [5, 5.41) is 20.2. The number of benzene rings is 1. The Morgan fingerprint density at radius 1 is 1.15 bits per heavy atom. The maximum atomic E-state index is 9.80. The highest BCUT2D eigenvalue weighted by molar-refractivity contribution is 9.10. The predicted octanol–water partition coefficient (Wildman–Crippen LogP) is 2.96. The van der Waals surface area contributed by atoms with Crippen molar-refractivity contribution in [3.63, 3.8) is 0 Å². The molecule has 1 aromatic carbocycles. The molecule has 0 fully saturated rings. The van der Waals surface area contributed by atoms with Gasteiger partial charge in [0.2, 0.25) is 0 Å². The van der Waals surface area contributed by atoms with Crippen LogP contribution in [0.15, 0.2) is 47.1 Å². The van der Waals surface area contributed by atoms with E-state index in [0.717, 1.165) is 15.7 Å². The highest BCUT2D eigenvalue weighted by Crippen LogP contribution is 2.29. The number of hydrogen-bond acceptors (Lipinski definition) is 3. The van der Waals surface area contributed by atoms with Gasteiger partial charge in [0.1, 0.15) is 0 Å². The van der Waals surface area contributed by atoms with Gasteiger partial charge in [-0.3, -0.25) is 4.98 Å². The minimum Gasteiger partial charge on any atom is -0.395 e. The van der Waals surface area contributed by atoms with Gasteiger partial charge in [-0.15, -0.1) is 0 Å². The van der Waals surface area contributed by atoms with Gasteiger partial charge in [0.05, 0.1) is 13.2 Å². The second-order valence-corrected chi connectivity index (χ2v) is 6.10. The summed E-state index contributed by atoms with van der Waals surface area (Å²) in [6.45, 7) is -0.358. The summed E-state index contributed by atoms with van der Waals surface area (Å²) < 4.78 is 0.891. The number of rotatable bonds is 5. The first-order valence-electron chi connectivity index (χ1n) is 6.18. The van der Waals surface area contributed by atoms with Gasteiger partial charge in [0.15, 0.2) is 0 Å². The van der Waals surface area contributed by atoms with E-state index >= 15 is 0 Å². The average Bonchev–Trinajstić information content (AvgIpc) is 2.47. The van der Waals surface area contributed by atoms with Crippen molar-refractivity contribution in [3.05, 3.63) is 63.3 Å². The van der Waals surface area contributed by atoms with E-state index in [-0.39, 0.29) is 13.2 Å². The normalized spacial score (nSPS) is 11.6. The Bertz CT molecular complexity index is 570. The minimum absolute atomic E-state index is 0.179. The third-order valence-electron chi connectivity index (χ3n) is 3.35. The highest BCUT2D eigenvalue weighted by atomic mass is 79.9. The van der Waals surface area contributed by atoms with Crippen molar-refractivity contribution in [2.75, 3.05) is 13.2 Å². The van der Waals surface area contributed by atoms with Crippen LogP contribution in [0.4, 0.5) is 0 Å². The fourth-order valence-electron chi connectivity index (χ4n) is 2.12. The molecular formula is C15H15BrClNO2. The first-order chi connectivity index (χ1) is 9.59. The third-order valence-corrected chi connectivity index (χ3v) is 4.05. The number of aliphatic hydroxyl groups excluding tert-OH is 2. The second kappa shape index (κ2) is 6.68. The minimum atomic E-state index is -0.786. The van der Waals surface area contributed by atoms with Crippen molar-refractivity contribution in [2.24, 2.45) is 0 Å². The lowest BCUT2D eigenvalue weighted by atomic mass is 9.78. The lowest BCUT2D eigenvalue weighted by molar-refractivity contribution is 0.115. The zero-order valence-corrected chi connectivity index (χ0v) is 13.1. The van der Waals surface area contributed by atoms with Crippen molar-refractivity contribution in [1.29, 1.82) is 0 Å². The molecule has 1 aromatic heterocycles. The third kappa shape index (κ3) is 3.38. The van der Waals surface area contributed by atoms with Crippen molar-refractivity contribution >= 4 is 27.5 Å².